The maximum atomic E-state index is 13.4. The molecular weight excluding hydrogens is 215 g/mol. The first kappa shape index (κ1) is 11.3. The van der Waals surface area contributed by atoms with Crippen molar-refractivity contribution in [1.29, 1.82) is 0 Å². The van der Waals surface area contributed by atoms with Gasteiger partial charge in [-0.05, 0) is 26.2 Å². The highest BCUT2D eigenvalue weighted by molar-refractivity contribution is 5.54. The Morgan fingerprint density at radius 2 is 1.62 bits per heavy atom. The van der Waals surface area contributed by atoms with Gasteiger partial charge in [0.1, 0.15) is 0 Å². The summed E-state index contributed by atoms with van der Waals surface area (Å²) in [6, 6.07) is 1.10. The highest BCUT2D eigenvalue weighted by Crippen LogP contribution is 2.28. The van der Waals surface area contributed by atoms with Crippen molar-refractivity contribution < 1.29 is 13.2 Å². The van der Waals surface area contributed by atoms with E-state index in [1.54, 1.807) is 0 Å². The highest BCUT2D eigenvalue weighted by Gasteiger charge is 2.20. The molecule has 1 aromatic carbocycles. The van der Waals surface area contributed by atoms with Crippen LogP contribution in [0.25, 0.3) is 0 Å². The van der Waals surface area contributed by atoms with E-state index in [0.717, 1.165) is 38.4 Å². The number of halogens is 3. The van der Waals surface area contributed by atoms with Crippen molar-refractivity contribution in [3.63, 3.8) is 0 Å². The zero-order chi connectivity index (χ0) is 11.7. The Bertz CT molecular complexity index is 398. The number of piperidine rings is 1. The molecule has 1 saturated heterocycles. The van der Waals surface area contributed by atoms with Gasteiger partial charge in [0.05, 0.1) is 0 Å². The molecule has 0 bridgehead atoms. The van der Waals surface area contributed by atoms with Crippen LogP contribution >= 0.6 is 0 Å². The molecule has 1 aliphatic rings. The predicted molar refractivity (Wildman–Crippen MR) is 57.1 cm³/mol. The van der Waals surface area contributed by atoms with E-state index in [0.29, 0.717) is 5.69 Å². The van der Waals surface area contributed by atoms with Crippen LogP contribution in [0, 0.1) is 24.4 Å². The summed E-state index contributed by atoms with van der Waals surface area (Å²) >= 11 is 0. The minimum atomic E-state index is -1.38. The topological polar surface area (TPSA) is 3.24 Å². The van der Waals surface area contributed by atoms with Crippen molar-refractivity contribution in [2.75, 3.05) is 18.0 Å². The molecular formula is C12H14F3N. The summed E-state index contributed by atoms with van der Waals surface area (Å²) in [7, 11) is 0. The van der Waals surface area contributed by atoms with Crippen LogP contribution in [0.4, 0.5) is 18.9 Å². The Kier molecular flexibility index (Phi) is 3.08. The predicted octanol–water partition coefficient (Wildman–Crippen LogP) is 3.40. The number of hydrogen-bond donors (Lipinski definition) is 0. The average Bonchev–Trinajstić information content (AvgIpc) is 2.32. The molecule has 0 amide bonds. The Labute approximate surface area is 92.9 Å². The Hall–Kier alpha value is -1.19. The molecule has 0 aromatic heterocycles. The quantitative estimate of drug-likeness (QED) is 0.667. The summed E-state index contributed by atoms with van der Waals surface area (Å²) in [5, 5.41) is 0. The molecule has 2 rings (SSSR count). The van der Waals surface area contributed by atoms with Crippen molar-refractivity contribution >= 4 is 5.69 Å². The Morgan fingerprint density at radius 3 is 2.25 bits per heavy atom. The van der Waals surface area contributed by atoms with Crippen molar-refractivity contribution in [2.45, 2.75) is 26.2 Å². The molecule has 0 atom stereocenters. The molecule has 0 aliphatic carbocycles. The average molecular weight is 229 g/mol. The molecule has 0 saturated carbocycles. The van der Waals surface area contributed by atoms with Crippen molar-refractivity contribution in [1.82, 2.24) is 0 Å². The zero-order valence-corrected chi connectivity index (χ0v) is 9.19. The molecule has 0 spiro atoms. The van der Waals surface area contributed by atoms with Crippen LogP contribution < -0.4 is 4.90 Å². The van der Waals surface area contributed by atoms with Crippen LogP contribution in [0.2, 0.25) is 0 Å². The van der Waals surface area contributed by atoms with Gasteiger partial charge >= 0.3 is 0 Å². The molecule has 88 valence electrons. The third kappa shape index (κ3) is 1.88. The summed E-state index contributed by atoms with van der Waals surface area (Å²) in [5.41, 5.74) is 0.678. The lowest BCUT2D eigenvalue weighted by Crippen LogP contribution is -2.30. The number of nitrogens with zero attached hydrogens (tertiary/aromatic N) is 1. The summed E-state index contributed by atoms with van der Waals surface area (Å²) in [6.45, 7) is 3.05. The third-order valence-electron chi connectivity index (χ3n) is 3.08. The minimum Gasteiger partial charge on any atom is -0.371 e. The minimum absolute atomic E-state index is 0.195. The summed E-state index contributed by atoms with van der Waals surface area (Å²) < 4.78 is 39.5. The van der Waals surface area contributed by atoms with Crippen LogP contribution in [0.1, 0.15) is 24.8 Å². The second-order valence-corrected chi connectivity index (χ2v) is 4.18. The van der Waals surface area contributed by atoms with Gasteiger partial charge in [0, 0.05) is 30.4 Å². The van der Waals surface area contributed by atoms with Gasteiger partial charge in [0.2, 0.25) is 0 Å². The Morgan fingerprint density at radius 1 is 1.00 bits per heavy atom. The maximum Gasteiger partial charge on any atom is 0.194 e. The van der Waals surface area contributed by atoms with Gasteiger partial charge in [0.25, 0.3) is 0 Å². The van der Waals surface area contributed by atoms with Crippen LogP contribution in [-0.4, -0.2) is 13.1 Å². The summed E-state index contributed by atoms with van der Waals surface area (Å²) in [5.74, 6) is -3.55. The largest absolute Gasteiger partial charge is 0.371 e. The lowest BCUT2D eigenvalue weighted by molar-refractivity contribution is 0.442. The van der Waals surface area contributed by atoms with Gasteiger partial charge in [-0.3, -0.25) is 0 Å². The van der Waals surface area contributed by atoms with E-state index in [-0.39, 0.29) is 5.56 Å². The Balaban J connectivity index is 2.40. The summed E-state index contributed by atoms with van der Waals surface area (Å²) in [6.07, 6.45) is 3.17. The van der Waals surface area contributed by atoms with Gasteiger partial charge in [-0.1, -0.05) is 0 Å². The lowest BCUT2D eigenvalue weighted by atomic mass is 10.1. The molecule has 0 N–H and O–H groups in total. The van der Waals surface area contributed by atoms with Crippen LogP contribution in [0.3, 0.4) is 0 Å². The fourth-order valence-corrected chi connectivity index (χ4v) is 2.14. The molecule has 0 unspecified atom stereocenters. The van der Waals surface area contributed by atoms with E-state index in [1.807, 2.05) is 4.90 Å². The SMILES string of the molecule is Cc1c(N2CCCCC2)cc(F)c(F)c1F. The number of benzene rings is 1. The second-order valence-electron chi connectivity index (χ2n) is 4.18. The molecule has 0 radical (unpaired) electrons. The molecule has 1 aliphatic heterocycles. The second kappa shape index (κ2) is 4.36. The fraction of sp³-hybridized carbons (Fsp3) is 0.500. The van der Waals surface area contributed by atoms with Crippen LogP contribution in [0.15, 0.2) is 6.07 Å². The van der Waals surface area contributed by atoms with Gasteiger partial charge in [0.15, 0.2) is 17.5 Å². The van der Waals surface area contributed by atoms with E-state index in [9.17, 15) is 13.2 Å². The number of hydrogen-bond acceptors (Lipinski definition) is 1. The standard InChI is InChI=1S/C12H14F3N/c1-8-10(16-5-3-2-4-6-16)7-9(13)12(15)11(8)14/h7H,2-6H2,1H3. The summed E-state index contributed by atoms with van der Waals surface area (Å²) in [4.78, 5) is 1.92. The lowest BCUT2D eigenvalue weighted by Gasteiger charge is -2.30. The van der Waals surface area contributed by atoms with Gasteiger partial charge < -0.3 is 4.90 Å². The molecule has 16 heavy (non-hydrogen) atoms. The molecule has 1 heterocycles. The number of anilines is 1. The van der Waals surface area contributed by atoms with E-state index in [2.05, 4.69) is 0 Å². The van der Waals surface area contributed by atoms with Gasteiger partial charge in [-0.15, -0.1) is 0 Å². The van der Waals surface area contributed by atoms with Crippen molar-refractivity contribution in [2.24, 2.45) is 0 Å². The molecule has 4 heteroatoms. The normalized spacial score (nSPS) is 16.6. The smallest absolute Gasteiger partial charge is 0.194 e. The first-order valence-electron chi connectivity index (χ1n) is 5.50. The molecule has 1 aromatic rings. The van der Waals surface area contributed by atoms with E-state index >= 15 is 0 Å². The first-order valence-corrected chi connectivity index (χ1v) is 5.50. The van der Waals surface area contributed by atoms with Crippen molar-refractivity contribution in [3.05, 3.63) is 29.1 Å². The van der Waals surface area contributed by atoms with Gasteiger partial charge in [-0.2, -0.15) is 0 Å². The van der Waals surface area contributed by atoms with E-state index in [4.69, 9.17) is 0 Å². The third-order valence-corrected chi connectivity index (χ3v) is 3.08. The first-order chi connectivity index (χ1) is 7.61. The van der Waals surface area contributed by atoms with Crippen LogP contribution in [-0.2, 0) is 0 Å². The number of rotatable bonds is 1. The van der Waals surface area contributed by atoms with E-state index in [1.165, 1.54) is 6.92 Å². The fourth-order valence-electron chi connectivity index (χ4n) is 2.14. The molecule has 1 nitrogen and oxygen atoms in total. The highest BCUT2D eigenvalue weighted by atomic mass is 19.2. The van der Waals surface area contributed by atoms with E-state index < -0.39 is 17.5 Å². The maximum absolute atomic E-state index is 13.4. The monoisotopic (exact) mass is 229 g/mol. The van der Waals surface area contributed by atoms with Crippen molar-refractivity contribution in [3.8, 4) is 0 Å². The van der Waals surface area contributed by atoms with Crippen LogP contribution in [0.5, 0.6) is 0 Å². The molecule has 1 fully saturated rings. The zero-order valence-electron chi connectivity index (χ0n) is 9.19. The van der Waals surface area contributed by atoms with Gasteiger partial charge in [-0.25, -0.2) is 13.2 Å².